The number of hydrogen-bond donors (Lipinski definition) is 1. The molecule has 0 unspecified atom stereocenters. The number of carbonyl (C=O) groups is 1. The summed E-state index contributed by atoms with van der Waals surface area (Å²) in [5, 5.41) is 0. The number of benzene rings is 1. The zero-order valence-electron chi connectivity index (χ0n) is 11.1. The van der Waals surface area contributed by atoms with Crippen molar-refractivity contribution < 1.29 is 9.18 Å². The van der Waals surface area contributed by atoms with Gasteiger partial charge in [0.2, 0.25) is 0 Å². The molecule has 0 aliphatic carbocycles. The molecule has 1 amide bonds. The second kappa shape index (κ2) is 5.81. The Hall–Kier alpha value is -1.59. The van der Waals surface area contributed by atoms with Gasteiger partial charge in [-0.2, -0.15) is 0 Å². The Balaban J connectivity index is 2.18. The molecule has 20 heavy (non-hydrogen) atoms. The molecule has 0 saturated carbocycles. The fourth-order valence-electron chi connectivity index (χ4n) is 1.79. The summed E-state index contributed by atoms with van der Waals surface area (Å²) < 4.78 is 14.3. The number of thiophene rings is 1. The molecule has 0 spiro atoms. The lowest BCUT2D eigenvalue weighted by atomic mass is 10.1. The van der Waals surface area contributed by atoms with E-state index in [1.807, 2.05) is 6.07 Å². The Bertz CT molecular complexity index is 633. The second-order valence-corrected chi connectivity index (χ2v) is 6.34. The van der Waals surface area contributed by atoms with E-state index in [2.05, 4.69) is 0 Å². The Morgan fingerprint density at radius 2 is 2.15 bits per heavy atom. The zero-order valence-corrected chi connectivity index (χ0v) is 12.7. The fraction of sp³-hybridized carbons (Fsp3) is 0.214. The van der Waals surface area contributed by atoms with Gasteiger partial charge in [0.05, 0.1) is 10.9 Å². The van der Waals surface area contributed by atoms with Gasteiger partial charge in [-0.25, -0.2) is 4.39 Å². The Kier molecular flexibility index (Phi) is 4.30. The largest absolute Gasteiger partial charge is 0.398 e. The Morgan fingerprint density at radius 3 is 2.70 bits per heavy atom. The van der Waals surface area contributed by atoms with Crippen molar-refractivity contribution in [2.24, 2.45) is 0 Å². The van der Waals surface area contributed by atoms with E-state index in [0.29, 0.717) is 16.4 Å². The SMILES string of the molecule is Cc1c(N)cc(C(=O)N(C)Cc2ccc(Cl)s2)cc1F. The predicted molar refractivity (Wildman–Crippen MR) is 80.7 cm³/mol. The van der Waals surface area contributed by atoms with E-state index in [0.717, 1.165) is 4.88 Å². The van der Waals surface area contributed by atoms with Gasteiger partial charge in [-0.05, 0) is 31.2 Å². The van der Waals surface area contributed by atoms with Gasteiger partial charge >= 0.3 is 0 Å². The number of rotatable bonds is 3. The van der Waals surface area contributed by atoms with Crippen LogP contribution in [0.4, 0.5) is 10.1 Å². The number of halogens is 2. The van der Waals surface area contributed by atoms with Crippen molar-refractivity contribution in [2.75, 3.05) is 12.8 Å². The minimum Gasteiger partial charge on any atom is -0.398 e. The normalized spacial score (nSPS) is 10.6. The topological polar surface area (TPSA) is 46.3 Å². The van der Waals surface area contributed by atoms with Crippen LogP contribution in [0.3, 0.4) is 0 Å². The first-order valence-corrected chi connectivity index (χ1v) is 7.13. The average Bonchev–Trinajstić information content (AvgIpc) is 2.79. The molecule has 0 atom stereocenters. The fourth-order valence-corrected chi connectivity index (χ4v) is 2.93. The molecule has 2 N–H and O–H groups in total. The van der Waals surface area contributed by atoms with Crippen LogP contribution in [-0.2, 0) is 6.54 Å². The first-order chi connectivity index (χ1) is 9.38. The van der Waals surface area contributed by atoms with Crippen LogP contribution >= 0.6 is 22.9 Å². The van der Waals surface area contributed by atoms with Crippen LogP contribution < -0.4 is 5.73 Å². The van der Waals surface area contributed by atoms with Gasteiger partial charge in [-0.3, -0.25) is 4.79 Å². The van der Waals surface area contributed by atoms with Crippen LogP contribution in [0.25, 0.3) is 0 Å². The summed E-state index contributed by atoms with van der Waals surface area (Å²) in [6, 6.07) is 6.36. The summed E-state index contributed by atoms with van der Waals surface area (Å²) in [6.45, 7) is 2.00. The molecule has 1 aromatic heterocycles. The van der Waals surface area contributed by atoms with Crippen LogP contribution in [0.15, 0.2) is 24.3 Å². The minimum absolute atomic E-state index is 0.246. The number of anilines is 1. The Morgan fingerprint density at radius 1 is 1.45 bits per heavy atom. The first-order valence-electron chi connectivity index (χ1n) is 5.93. The van der Waals surface area contributed by atoms with Crippen molar-refractivity contribution >= 4 is 34.5 Å². The van der Waals surface area contributed by atoms with Crippen molar-refractivity contribution in [1.29, 1.82) is 0 Å². The molecule has 0 fully saturated rings. The standard InChI is InChI=1S/C14H14ClFN2OS/c1-8-11(16)5-9(6-12(8)17)14(19)18(2)7-10-3-4-13(15)20-10/h3-6H,7,17H2,1-2H3. The maximum Gasteiger partial charge on any atom is 0.254 e. The lowest BCUT2D eigenvalue weighted by molar-refractivity contribution is 0.0786. The number of nitrogens with zero attached hydrogens (tertiary/aromatic N) is 1. The predicted octanol–water partition coefficient (Wildman–Crippen LogP) is 3.70. The molecule has 0 aliphatic rings. The van der Waals surface area contributed by atoms with E-state index in [1.165, 1.54) is 28.4 Å². The van der Waals surface area contributed by atoms with E-state index >= 15 is 0 Å². The summed E-state index contributed by atoms with van der Waals surface area (Å²) >= 11 is 7.26. The molecule has 1 heterocycles. The average molecular weight is 313 g/mol. The maximum atomic E-state index is 13.6. The molecule has 2 aromatic rings. The number of amides is 1. The van der Waals surface area contributed by atoms with Crippen molar-refractivity contribution in [3.8, 4) is 0 Å². The zero-order chi connectivity index (χ0) is 14.9. The highest BCUT2D eigenvalue weighted by Crippen LogP contribution is 2.23. The molecular formula is C14H14ClFN2OS. The molecule has 2 rings (SSSR count). The van der Waals surface area contributed by atoms with Crippen molar-refractivity contribution in [1.82, 2.24) is 4.90 Å². The van der Waals surface area contributed by atoms with Gasteiger partial charge in [-0.1, -0.05) is 11.6 Å². The smallest absolute Gasteiger partial charge is 0.254 e. The van der Waals surface area contributed by atoms with Gasteiger partial charge in [-0.15, -0.1) is 11.3 Å². The highest BCUT2D eigenvalue weighted by Gasteiger charge is 2.16. The Labute approximate surface area is 125 Å². The molecule has 0 saturated heterocycles. The third-order valence-corrected chi connectivity index (χ3v) is 4.22. The highest BCUT2D eigenvalue weighted by molar-refractivity contribution is 7.16. The van der Waals surface area contributed by atoms with E-state index in [4.69, 9.17) is 17.3 Å². The third-order valence-electron chi connectivity index (χ3n) is 3.00. The van der Waals surface area contributed by atoms with Gasteiger partial charge in [0, 0.05) is 28.7 Å². The first kappa shape index (κ1) is 14.8. The molecule has 0 bridgehead atoms. The van der Waals surface area contributed by atoms with Crippen LogP contribution in [0, 0.1) is 12.7 Å². The van der Waals surface area contributed by atoms with Crippen LogP contribution in [0.1, 0.15) is 20.8 Å². The lowest BCUT2D eigenvalue weighted by Crippen LogP contribution is -2.26. The summed E-state index contributed by atoms with van der Waals surface area (Å²) in [5.74, 6) is -0.749. The van der Waals surface area contributed by atoms with Crippen molar-refractivity contribution in [3.05, 3.63) is 50.4 Å². The number of carbonyl (C=O) groups excluding carboxylic acids is 1. The second-order valence-electron chi connectivity index (χ2n) is 4.54. The van der Waals surface area contributed by atoms with Crippen LogP contribution in [-0.4, -0.2) is 17.9 Å². The molecule has 0 radical (unpaired) electrons. The van der Waals surface area contributed by atoms with E-state index in [9.17, 15) is 9.18 Å². The van der Waals surface area contributed by atoms with Gasteiger partial charge in [0.15, 0.2) is 0 Å². The molecule has 3 nitrogen and oxygen atoms in total. The van der Waals surface area contributed by atoms with E-state index < -0.39 is 5.82 Å². The monoisotopic (exact) mass is 312 g/mol. The molecular weight excluding hydrogens is 299 g/mol. The third kappa shape index (κ3) is 3.11. The minimum atomic E-state index is -0.471. The number of nitrogens with two attached hydrogens (primary N) is 1. The molecule has 1 aromatic carbocycles. The van der Waals surface area contributed by atoms with Gasteiger partial charge < -0.3 is 10.6 Å². The van der Waals surface area contributed by atoms with E-state index in [-0.39, 0.29) is 17.2 Å². The lowest BCUT2D eigenvalue weighted by Gasteiger charge is -2.17. The van der Waals surface area contributed by atoms with Crippen molar-refractivity contribution in [2.45, 2.75) is 13.5 Å². The maximum absolute atomic E-state index is 13.6. The molecule has 106 valence electrons. The molecule has 0 aliphatic heterocycles. The highest BCUT2D eigenvalue weighted by atomic mass is 35.5. The quantitative estimate of drug-likeness (QED) is 0.878. The van der Waals surface area contributed by atoms with E-state index in [1.54, 1.807) is 20.0 Å². The summed E-state index contributed by atoms with van der Waals surface area (Å²) in [6.07, 6.45) is 0. The van der Waals surface area contributed by atoms with Gasteiger partial charge in [0.25, 0.3) is 5.91 Å². The molecule has 6 heteroatoms. The van der Waals surface area contributed by atoms with Crippen molar-refractivity contribution in [3.63, 3.8) is 0 Å². The summed E-state index contributed by atoms with van der Waals surface area (Å²) in [5.41, 5.74) is 6.57. The van der Waals surface area contributed by atoms with Crippen LogP contribution in [0.2, 0.25) is 4.34 Å². The summed E-state index contributed by atoms with van der Waals surface area (Å²) in [4.78, 5) is 14.7. The number of hydrogen-bond acceptors (Lipinski definition) is 3. The van der Waals surface area contributed by atoms with Crippen LogP contribution in [0.5, 0.6) is 0 Å². The number of nitrogen functional groups attached to an aromatic ring is 1. The summed E-state index contributed by atoms with van der Waals surface area (Å²) in [7, 11) is 1.66. The van der Waals surface area contributed by atoms with Gasteiger partial charge in [0.1, 0.15) is 5.82 Å².